The molecular formula is C11H23N4O4P. The normalized spacial score (nSPS) is 10.9. The van der Waals surface area contributed by atoms with Crippen molar-refractivity contribution in [3.8, 4) is 0 Å². The van der Waals surface area contributed by atoms with Crippen LogP contribution in [0.25, 0.3) is 10.4 Å². The Morgan fingerprint density at radius 2 is 1.85 bits per heavy atom. The maximum Gasteiger partial charge on any atom is 0.325 e. The van der Waals surface area contributed by atoms with Gasteiger partial charge in [-0.3, -0.25) is 9.36 Å². The molecule has 9 heteroatoms. The van der Waals surface area contributed by atoms with Gasteiger partial charge >= 0.3 is 7.60 Å². The first-order valence-corrected chi connectivity index (χ1v) is 8.57. The second-order valence-electron chi connectivity index (χ2n) is 4.56. The number of nitrogens with zero attached hydrogens (tertiary/aromatic N) is 3. The lowest BCUT2D eigenvalue weighted by atomic mass is 10.2. The average molecular weight is 306 g/mol. The van der Waals surface area contributed by atoms with Gasteiger partial charge in [-0.1, -0.05) is 18.0 Å². The van der Waals surface area contributed by atoms with E-state index in [1.54, 1.807) is 0 Å². The van der Waals surface area contributed by atoms with Crippen LogP contribution in [0.15, 0.2) is 5.11 Å². The molecule has 0 atom stereocenters. The molecule has 0 radical (unpaired) electrons. The van der Waals surface area contributed by atoms with E-state index in [-0.39, 0.29) is 12.1 Å². The van der Waals surface area contributed by atoms with Crippen molar-refractivity contribution in [1.29, 1.82) is 0 Å². The van der Waals surface area contributed by atoms with E-state index >= 15 is 0 Å². The van der Waals surface area contributed by atoms with Crippen LogP contribution in [0.2, 0.25) is 0 Å². The van der Waals surface area contributed by atoms with Gasteiger partial charge in [-0.15, -0.1) is 0 Å². The predicted molar refractivity (Wildman–Crippen MR) is 76.3 cm³/mol. The van der Waals surface area contributed by atoms with Crippen LogP contribution in [0.1, 0.15) is 44.9 Å². The van der Waals surface area contributed by atoms with E-state index in [4.69, 9.17) is 15.3 Å². The molecule has 1 amide bonds. The van der Waals surface area contributed by atoms with Gasteiger partial charge in [0.2, 0.25) is 5.91 Å². The lowest BCUT2D eigenvalue weighted by molar-refractivity contribution is -0.121. The van der Waals surface area contributed by atoms with E-state index in [1.807, 2.05) is 0 Å². The van der Waals surface area contributed by atoms with Gasteiger partial charge in [0.15, 0.2) is 0 Å². The van der Waals surface area contributed by atoms with Crippen LogP contribution < -0.4 is 5.32 Å². The molecule has 0 unspecified atom stereocenters. The molecule has 0 saturated carbocycles. The summed E-state index contributed by atoms with van der Waals surface area (Å²) in [4.78, 5) is 31.3. The highest BCUT2D eigenvalue weighted by atomic mass is 31.2. The Morgan fingerprint density at radius 3 is 2.50 bits per heavy atom. The van der Waals surface area contributed by atoms with Gasteiger partial charge < -0.3 is 15.1 Å². The number of rotatable bonds is 12. The zero-order chi connectivity index (χ0) is 15.3. The standard InChI is InChI=1S/C11H23N4O4P/c12-15-14-9-5-3-7-11(16)13-8-4-1-2-6-10-20(17,18)19/h1-10H2,(H,13,16)(H2,17,18,19). The summed E-state index contributed by atoms with van der Waals surface area (Å²) in [6.07, 6.45) is 4.70. The average Bonchev–Trinajstić information content (AvgIpc) is 2.36. The van der Waals surface area contributed by atoms with Gasteiger partial charge in [0.25, 0.3) is 0 Å². The number of nitrogens with one attached hydrogen (secondary N) is 1. The third-order valence-corrected chi connectivity index (χ3v) is 3.57. The topological polar surface area (TPSA) is 135 Å². The Labute approximate surface area is 118 Å². The van der Waals surface area contributed by atoms with Crippen molar-refractivity contribution >= 4 is 13.5 Å². The summed E-state index contributed by atoms with van der Waals surface area (Å²) >= 11 is 0. The van der Waals surface area contributed by atoms with Crippen LogP contribution in [0.3, 0.4) is 0 Å². The first kappa shape index (κ1) is 18.9. The molecule has 0 heterocycles. The summed E-state index contributed by atoms with van der Waals surface area (Å²) in [6.45, 7) is 1.01. The van der Waals surface area contributed by atoms with Gasteiger partial charge in [0.1, 0.15) is 0 Å². The summed E-state index contributed by atoms with van der Waals surface area (Å²) in [6, 6.07) is 0. The fraction of sp³-hybridized carbons (Fsp3) is 0.909. The Morgan fingerprint density at radius 1 is 1.15 bits per heavy atom. The van der Waals surface area contributed by atoms with E-state index in [0.717, 1.165) is 19.3 Å². The molecule has 0 aliphatic rings. The maximum absolute atomic E-state index is 11.4. The molecule has 0 aliphatic carbocycles. The summed E-state index contributed by atoms with van der Waals surface area (Å²) in [5, 5.41) is 6.17. The van der Waals surface area contributed by atoms with Gasteiger partial charge in [-0.2, -0.15) is 0 Å². The summed E-state index contributed by atoms with van der Waals surface area (Å²) in [5.41, 5.74) is 8.06. The fourth-order valence-electron chi connectivity index (χ4n) is 1.63. The molecule has 116 valence electrons. The molecule has 0 bridgehead atoms. The van der Waals surface area contributed by atoms with Gasteiger partial charge in [-0.05, 0) is 31.2 Å². The molecule has 0 saturated heterocycles. The van der Waals surface area contributed by atoms with Crippen LogP contribution in [0.5, 0.6) is 0 Å². The zero-order valence-electron chi connectivity index (χ0n) is 11.6. The van der Waals surface area contributed by atoms with Crippen molar-refractivity contribution in [2.24, 2.45) is 5.11 Å². The third kappa shape index (κ3) is 15.0. The SMILES string of the molecule is [N-]=[N+]=NCCCCC(=O)NCCCCCCP(=O)(O)O. The molecule has 0 aromatic heterocycles. The number of carbonyl (C=O) groups excluding carboxylic acids is 1. The molecule has 0 aromatic rings. The molecule has 20 heavy (non-hydrogen) atoms. The quantitative estimate of drug-likeness (QED) is 0.167. The summed E-state index contributed by atoms with van der Waals surface area (Å²) < 4.78 is 10.6. The largest absolute Gasteiger partial charge is 0.356 e. The lowest BCUT2D eigenvalue weighted by Gasteiger charge is -2.05. The number of carbonyl (C=O) groups is 1. The van der Waals surface area contributed by atoms with Crippen LogP contribution in [-0.2, 0) is 9.36 Å². The highest BCUT2D eigenvalue weighted by Crippen LogP contribution is 2.35. The van der Waals surface area contributed by atoms with Gasteiger partial charge in [0.05, 0.1) is 0 Å². The van der Waals surface area contributed by atoms with Crippen molar-refractivity contribution in [3.63, 3.8) is 0 Å². The number of amides is 1. The zero-order valence-corrected chi connectivity index (χ0v) is 12.5. The Balaban J connectivity index is 3.31. The van der Waals surface area contributed by atoms with E-state index in [0.29, 0.717) is 38.8 Å². The molecule has 0 spiro atoms. The molecule has 0 rings (SSSR count). The van der Waals surface area contributed by atoms with Gasteiger partial charge in [-0.25, -0.2) is 0 Å². The van der Waals surface area contributed by atoms with E-state index in [1.165, 1.54) is 0 Å². The van der Waals surface area contributed by atoms with Crippen LogP contribution in [-0.4, -0.2) is 34.9 Å². The number of azide groups is 1. The van der Waals surface area contributed by atoms with Crippen LogP contribution in [0, 0.1) is 0 Å². The molecule has 0 aromatic carbocycles. The Bertz CT molecular complexity index is 365. The van der Waals surface area contributed by atoms with Crippen LogP contribution >= 0.6 is 7.60 Å². The predicted octanol–water partition coefficient (Wildman–Crippen LogP) is 2.32. The van der Waals surface area contributed by atoms with E-state index < -0.39 is 7.60 Å². The summed E-state index contributed by atoms with van der Waals surface area (Å²) in [5.74, 6) is -0.0128. The number of unbranched alkanes of at least 4 members (excludes halogenated alkanes) is 4. The number of hydrogen-bond acceptors (Lipinski definition) is 3. The van der Waals surface area contributed by atoms with Gasteiger partial charge in [0, 0.05) is 30.6 Å². The monoisotopic (exact) mass is 306 g/mol. The molecule has 0 aliphatic heterocycles. The van der Waals surface area contributed by atoms with Crippen molar-refractivity contribution in [2.75, 3.05) is 19.3 Å². The molecular weight excluding hydrogens is 283 g/mol. The van der Waals surface area contributed by atoms with E-state index in [2.05, 4.69) is 15.3 Å². The Hall–Kier alpha value is -1.07. The van der Waals surface area contributed by atoms with Crippen molar-refractivity contribution in [1.82, 2.24) is 5.32 Å². The van der Waals surface area contributed by atoms with Crippen molar-refractivity contribution < 1.29 is 19.1 Å². The molecule has 0 fully saturated rings. The fourth-order valence-corrected chi connectivity index (χ4v) is 2.26. The number of hydrogen-bond donors (Lipinski definition) is 3. The Kier molecular flexibility index (Phi) is 11.1. The minimum atomic E-state index is -3.86. The second-order valence-corrected chi connectivity index (χ2v) is 6.34. The first-order valence-electron chi connectivity index (χ1n) is 6.78. The second kappa shape index (κ2) is 11.7. The first-order chi connectivity index (χ1) is 9.45. The molecule has 8 nitrogen and oxygen atoms in total. The smallest absolute Gasteiger partial charge is 0.325 e. The minimum absolute atomic E-state index is 0.0128. The van der Waals surface area contributed by atoms with Crippen molar-refractivity contribution in [2.45, 2.75) is 44.9 Å². The molecule has 3 N–H and O–H groups in total. The lowest BCUT2D eigenvalue weighted by Crippen LogP contribution is -2.24. The highest BCUT2D eigenvalue weighted by molar-refractivity contribution is 7.51. The van der Waals surface area contributed by atoms with Crippen molar-refractivity contribution in [3.05, 3.63) is 10.4 Å². The minimum Gasteiger partial charge on any atom is -0.356 e. The highest BCUT2D eigenvalue weighted by Gasteiger charge is 2.10. The maximum atomic E-state index is 11.4. The van der Waals surface area contributed by atoms with Crippen LogP contribution in [0.4, 0.5) is 0 Å². The van der Waals surface area contributed by atoms with E-state index in [9.17, 15) is 9.36 Å². The summed E-state index contributed by atoms with van der Waals surface area (Å²) in [7, 11) is -3.86. The third-order valence-electron chi connectivity index (χ3n) is 2.67.